The van der Waals surface area contributed by atoms with Crippen molar-refractivity contribution >= 4 is 5.97 Å². The Kier molecular flexibility index (Phi) is 3.81. The highest BCUT2D eigenvalue weighted by atomic mass is 19.1. The molecule has 0 spiro atoms. The van der Waals surface area contributed by atoms with E-state index in [2.05, 4.69) is 5.32 Å². The zero-order valence-corrected chi connectivity index (χ0v) is 10.1. The van der Waals surface area contributed by atoms with Crippen LogP contribution < -0.4 is 10.1 Å². The lowest BCUT2D eigenvalue weighted by molar-refractivity contribution is -0.140. The van der Waals surface area contributed by atoms with E-state index in [1.165, 1.54) is 13.2 Å². The monoisotopic (exact) mass is 253 g/mol. The molecule has 0 heterocycles. The quantitative estimate of drug-likeness (QED) is 0.811. The van der Waals surface area contributed by atoms with Crippen LogP contribution in [0.1, 0.15) is 18.4 Å². The molecule has 0 amide bonds. The molecule has 0 radical (unpaired) electrons. The van der Waals surface area contributed by atoms with Crippen molar-refractivity contribution in [1.29, 1.82) is 0 Å². The Labute approximate surface area is 105 Å². The summed E-state index contributed by atoms with van der Waals surface area (Å²) in [5, 5.41) is 12.0. The second-order valence-electron chi connectivity index (χ2n) is 4.50. The smallest absolute Gasteiger partial charge is 0.320 e. The van der Waals surface area contributed by atoms with Crippen LogP contribution in [0.25, 0.3) is 0 Å². The van der Waals surface area contributed by atoms with Gasteiger partial charge in [0.1, 0.15) is 6.04 Å². The molecule has 1 saturated carbocycles. The van der Waals surface area contributed by atoms with Gasteiger partial charge in [0.15, 0.2) is 11.6 Å². The summed E-state index contributed by atoms with van der Waals surface area (Å²) >= 11 is 0. The molecular weight excluding hydrogens is 237 g/mol. The Morgan fingerprint density at radius 1 is 1.61 bits per heavy atom. The summed E-state index contributed by atoms with van der Waals surface area (Å²) in [5.74, 6) is -0.872. The highest BCUT2D eigenvalue weighted by Crippen LogP contribution is 2.32. The number of carboxylic acids is 1. The topological polar surface area (TPSA) is 58.6 Å². The van der Waals surface area contributed by atoms with Gasteiger partial charge in [0, 0.05) is 6.54 Å². The average Bonchev–Trinajstić information content (AvgIpc) is 3.13. The number of nitrogens with one attached hydrogen (secondary N) is 1. The summed E-state index contributed by atoms with van der Waals surface area (Å²) in [5.41, 5.74) is 0.709. The maximum absolute atomic E-state index is 13.4. The fraction of sp³-hybridized carbons (Fsp3) is 0.462. The number of carboxylic acid groups (broad SMARTS) is 1. The number of rotatable bonds is 6. The molecular formula is C13H16FNO3. The number of benzene rings is 1. The van der Waals surface area contributed by atoms with Crippen LogP contribution in [0.5, 0.6) is 5.75 Å². The van der Waals surface area contributed by atoms with E-state index < -0.39 is 17.8 Å². The van der Waals surface area contributed by atoms with E-state index in [1.54, 1.807) is 12.1 Å². The number of ether oxygens (including phenoxy) is 1. The first-order chi connectivity index (χ1) is 8.61. The minimum atomic E-state index is -0.841. The maximum atomic E-state index is 13.4. The molecule has 1 unspecified atom stereocenters. The lowest BCUT2D eigenvalue weighted by Gasteiger charge is -2.13. The summed E-state index contributed by atoms with van der Waals surface area (Å²) in [4.78, 5) is 11.0. The van der Waals surface area contributed by atoms with Gasteiger partial charge in [-0.2, -0.15) is 0 Å². The molecule has 1 fully saturated rings. The van der Waals surface area contributed by atoms with Crippen LogP contribution in [0.2, 0.25) is 0 Å². The van der Waals surface area contributed by atoms with Crippen molar-refractivity contribution in [3.8, 4) is 5.75 Å². The Balaban J connectivity index is 1.96. The van der Waals surface area contributed by atoms with Gasteiger partial charge in [-0.05, 0) is 36.5 Å². The largest absolute Gasteiger partial charge is 0.494 e. The van der Waals surface area contributed by atoms with E-state index in [0.29, 0.717) is 12.1 Å². The van der Waals surface area contributed by atoms with E-state index >= 15 is 0 Å². The van der Waals surface area contributed by atoms with Crippen molar-refractivity contribution in [3.05, 3.63) is 29.6 Å². The van der Waals surface area contributed by atoms with Gasteiger partial charge in [0.2, 0.25) is 0 Å². The Bertz CT molecular complexity index is 446. The number of methoxy groups -OCH3 is 1. The molecule has 0 saturated heterocycles. The molecule has 1 aromatic rings. The van der Waals surface area contributed by atoms with E-state index in [0.717, 1.165) is 12.8 Å². The molecule has 0 aromatic heterocycles. The van der Waals surface area contributed by atoms with Crippen LogP contribution in [-0.4, -0.2) is 24.2 Å². The molecule has 98 valence electrons. The second-order valence-corrected chi connectivity index (χ2v) is 4.50. The van der Waals surface area contributed by atoms with E-state index in [-0.39, 0.29) is 11.7 Å². The molecule has 2 rings (SSSR count). The predicted octanol–water partition coefficient (Wildman–Crippen LogP) is 1.79. The molecule has 1 aliphatic rings. The van der Waals surface area contributed by atoms with Crippen LogP contribution in [-0.2, 0) is 11.3 Å². The van der Waals surface area contributed by atoms with Gasteiger partial charge in [0.25, 0.3) is 0 Å². The Morgan fingerprint density at radius 3 is 2.83 bits per heavy atom. The molecule has 5 heteroatoms. The third kappa shape index (κ3) is 2.98. The van der Waals surface area contributed by atoms with E-state index in [1.807, 2.05) is 0 Å². The van der Waals surface area contributed by atoms with Gasteiger partial charge >= 0.3 is 5.97 Å². The van der Waals surface area contributed by atoms with Gasteiger partial charge < -0.3 is 15.2 Å². The van der Waals surface area contributed by atoms with Crippen molar-refractivity contribution in [2.75, 3.05) is 7.11 Å². The Morgan fingerprint density at radius 2 is 2.33 bits per heavy atom. The normalized spacial score (nSPS) is 16.3. The fourth-order valence-electron chi connectivity index (χ4n) is 1.93. The first-order valence-electron chi connectivity index (χ1n) is 5.90. The third-order valence-electron chi connectivity index (χ3n) is 3.10. The SMILES string of the molecule is COc1ccc(CNC(C(=O)O)C2CC2)cc1F. The molecule has 4 nitrogen and oxygen atoms in total. The van der Waals surface area contributed by atoms with E-state index in [4.69, 9.17) is 9.84 Å². The van der Waals surface area contributed by atoms with Crippen molar-refractivity contribution in [2.24, 2.45) is 5.92 Å². The lowest BCUT2D eigenvalue weighted by atomic mass is 10.1. The van der Waals surface area contributed by atoms with Crippen molar-refractivity contribution in [1.82, 2.24) is 5.32 Å². The summed E-state index contributed by atoms with van der Waals surface area (Å²) < 4.78 is 18.3. The Hall–Kier alpha value is -1.62. The van der Waals surface area contributed by atoms with Crippen molar-refractivity contribution in [2.45, 2.75) is 25.4 Å². The van der Waals surface area contributed by atoms with Crippen molar-refractivity contribution < 1.29 is 19.0 Å². The number of carbonyl (C=O) groups is 1. The maximum Gasteiger partial charge on any atom is 0.320 e. The molecule has 1 atom stereocenters. The second kappa shape index (κ2) is 5.35. The predicted molar refractivity (Wildman–Crippen MR) is 63.9 cm³/mol. The minimum Gasteiger partial charge on any atom is -0.494 e. The summed E-state index contributed by atoms with van der Waals surface area (Å²) in [6, 6.07) is 4.09. The zero-order chi connectivity index (χ0) is 13.1. The summed E-state index contributed by atoms with van der Waals surface area (Å²) in [6.07, 6.45) is 1.89. The minimum absolute atomic E-state index is 0.190. The highest BCUT2D eigenvalue weighted by molar-refractivity contribution is 5.74. The van der Waals surface area contributed by atoms with Crippen LogP contribution in [0, 0.1) is 11.7 Å². The van der Waals surface area contributed by atoms with Gasteiger partial charge in [-0.3, -0.25) is 4.79 Å². The number of aliphatic carboxylic acids is 1. The number of halogens is 1. The van der Waals surface area contributed by atoms with E-state index in [9.17, 15) is 9.18 Å². The molecule has 18 heavy (non-hydrogen) atoms. The molecule has 0 aliphatic heterocycles. The third-order valence-corrected chi connectivity index (χ3v) is 3.10. The number of hydrogen-bond donors (Lipinski definition) is 2. The fourth-order valence-corrected chi connectivity index (χ4v) is 1.93. The first kappa shape index (κ1) is 12.8. The van der Waals surface area contributed by atoms with Gasteiger partial charge in [-0.1, -0.05) is 6.07 Å². The van der Waals surface area contributed by atoms with Gasteiger partial charge in [-0.15, -0.1) is 0 Å². The highest BCUT2D eigenvalue weighted by Gasteiger charge is 2.35. The first-order valence-corrected chi connectivity index (χ1v) is 5.90. The van der Waals surface area contributed by atoms with Crippen LogP contribution in [0.3, 0.4) is 0 Å². The molecule has 1 aliphatic carbocycles. The van der Waals surface area contributed by atoms with Crippen molar-refractivity contribution in [3.63, 3.8) is 0 Å². The van der Waals surface area contributed by atoms with Crippen LogP contribution >= 0.6 is 0 Å². The molecule has 1 aromatic carbocycles. The average molecular weight is 253 g/mol. The standard InChI is InChI=1S/C13H16FNO3/c1-18-11-5-2-8(6-10(11)14)7-15-12(13(16)17)9-3-4-9/h2,5-6,9,12,15H,3-4,7H2,1H3,(H,16,17). The van der Waals surface area contributed by atoms with Crippen LogP contribution in [0.4, 0.5) is 4.39 Å². The van der Waals surface area contributed by atoms with Gasteiger partial charge in [-0.25, -0.2) is 4.39 Å². The number of hydrogen-bond acceptors (Lipinski definition) is 3. The van der Waals surface area contributed by atoms with Gasteiger partial charge in [0.05, 0.1) is 7.11 Å². The summed E-state index contributed by atoms with van der Waals surface area (Å²) in [7, 11) is 1.41. The molecule has 0 bridgehead atoms. The lowest BCUT2D eigenvalue weighted by Crippen LogP contribution is -2.38. The summed E-state index contributed by atoms with van der Waals surface area (Å²) in [6.45, 7) is 0.342. The van der Waals surface area contributed by atoms with Crippen LogP contribution in [0.15, 0.2) is 18.2 Å². The zero-order valence-electron chi connectivity index (χ0n) is 10.1. The molecule has 2 N–H and O–H groups in total.